The van der Waals surface area contributed by atoms with Crippen molar-refractivity contribution in [1.82, 2.24) is 4.90 Å². The predicted octanol–water partition coefficient (Wildman–Crippen LogP) is 4.60. The van der Waals surface area contributed by atoms with E-state index in [1.807, 2.05) is 41.3 Å². The molecule has 1 aliphatic heterocycles. The summed E-state index contributed by atoms with van der Waals surface area (Å²) < 4.78 is 0. The molecule has 0 bridgehead atoms. The van der Waals surface area contributed by atoms with Crippen LogP contribution in [0.25, 0.3) is 0 Å². The molecule has 1 aliphatic rings. The summed E-state index contributed by atoms with van der Waals surface area (Å²) in [5.41, 5.74) is 3.28. The van der Waals surface area contributed by atoms with Crippen molar-refractivity contribution >= 4 is 23.2 Å². The molecule has 0 aromatic heterocycles. The highest BCUT2D eigenvalue weighted by atomic mass is 35.5. The van der Waals surface area contributed by atoms with E-state index < -0.39 is 0 Å². The van der Waals surface area contributed by atoms with E-state index in [4.69, 9.17) is 11.6 Å². The van der Waals surface area contributed by atoms with E-state index in [0.717, 1.165) is 42.5 Å². The van der Waals surface area contributed by atoms with Gasteiger partial charge in [0, 0.05) is 42.5 Å². The molecule has 25 heavy (non-hydrogen) atoms. The van der Waals surface area contributed by atoms with Crippen LogP contribution in [-0.4, -0.2) is 37.0 Å². The van der Waals surface area contributed by atoms with Gasteiger partial charge in [-0.05, 0) is 47.4 Å². The standard InChI is InChI=1S/C21H25ClN2O/c1-21(2,3)17-6-4-16(5-7-17)20(25)24-14-12-23(13-15-24)19-10-8-18(22)9-11-19/h4-11H,12-15H2,1-3H3. The average molecular weight is 357 g/mol. The zero-order valence-corrected chi connectivity index (χ0v) is 15.9. The summed E-state index contributed by atoms with van der Waals surface area (Å²) in [6.45, 7) is 9.70. The molecular formula is C21H25ClN2O. The Kier molecular flexibility index (Phi) is 5.05. The van der Waals surface area contributed by atoms with Crippen molar-refractivity contribution in [1.29, 1.82) is 0 Å². The number of rotatable bonds is 2. The summed E-state index contributed by atoms with van der Waals surface area (Å²) in [6.07, 6.45) is 0. The summed E-state index contributed by atoms with van der Waals surface area (Å²) in [7, 11) is 0. The molecule has 0 unspecified atom stereocenters. The van der Waals surface area contributed by atoms with Gasteiger partial charge in [-0.2, -0.15) is 0 Å². The second-order valence-corrected chi connectivity index (χ2v) is 8.02. The molecule has 1 saturated heterocycles. The molecule has 4 heteroatoms. The molecule has 0 aliphatic carbocycles. The normalized spacial score (nSPS) is 15.4. The summed E-state index contributed by atoms with van der Waals surface area (Å²) >= 11 is 5.95. The first-order valence-electron chi connectivity index (χ1n) is 8.75. The van der Waals surface area contributed by atoms with Crippen LogP contribution in [0.4, 0.5) is 5.69 Å². The van der Waals surface area contributed by atoms with E-state index in [0.29, 0.717) is 0 Å². The Bertz CT molecular complexity index is 724. The minimum absolute atomic E-state index is 0.103. The van der Waals surface area contributed by atoms with Crippen LogP contribution in [0.15, 0.2) is 48.5 Å². The fraction of sp³-hybridized carbons (Fsp3) is 0.381. The summed E-state index contributed by atoms with van der Waals surface area (Å²) in [5, 5.41) is 0.747. The highest BCUT2D eigenvalue weighted by Gasteiger charge is 2.23. The zero-order valence-electron chi connectivity index (χ0n) is 15.1. The fourth-order valence-electron chi connectivity index (χ4n) is 3.12. The number of hydrogen-bond acceptors (Lipinski definition) is 2. The highest BCUT2D eigenvalue weighted by molar-refractivity contribution is 6.30. The maximum Gasteiger partial charge on any atom is 0.253 e. The number of piperazine rings is 1. The molecular weight excluding hydrogens is 332 g/mol. The number of halogens is 1. The van der Waals surface area contributed by atoms with Crippen molar-refractivity contribution in [2.24, 2.45) is 0 Å². The van der Waals surface area contributed by atoms with Gasteiger partial charge >= 0.3 is 0 Å². The van der Waals surface area contributed by atoms with E-state index in [1.165, 1.54) is 5.56 Å². The van der Waals surface area contributed by atoms with E-state index in [9.17, 15) is 4.79 Å². The Hall–Kier alpha value is -2.00. The largest absolute Gasteiger partial charge is 0.368 e. The van der Waals surface area contributed by atoms with E-state index in [2.05, 4.69) is 37.8 Å². The van der Waals surface area contributed by atoms with Crippen LogP contribution in [0.5, 0.6) is 0 Å². The van der Waals surface area contributed by atoms with Crippen LogP contribution in [0, 0.1) is 0 Å². The van der Waals surface area contributed by atoms with Gasteiger partial charge in [0.2, 0.25) is 0 Å². The van der Waals surface area contributed by atoms with Crippen molar-refractivity contribution in [2.45, 2.75) is 26.2 Å². The van der Waals surface area contributed by atoms with Crippen LogP contribution in [0.3, 0.4) is 0 Å². The second kappa shape index (κ2) is 7.09. The van der Waals surface area contributed by atoms with E-state index in [-0.39, 0.29) is 11.3 Å². The van der Waals surface area contributed by atoms with Crippen molar-refractivity contribution in [2.75, 3.05) is 31.1 Å². The van der Waals surface area contributed by atoms with Gasteiger partial charge in [-0.25, -0.2) is 0 Å². The van der Waals surface area contributed by atoms with Crippen LogP contribution in [-0.2, 0) is 5.41 Å². The third-order valence-corrected chi connectivity index (χ3v) is 5.01. The van der Waals surface area contributed by atoms with Gasteiger partial charge in [0.25, 0.3) is 5.91 Å². The lowest BCUT2D eigenvalue weighted by Gasteiger charge is -2.36. The number of carbonyl (C=O) groups excluding carboxylic acids is 1. The predicted molar refractivity (Wildman–Crippen MR) is 105 cm³/mol. The van der Waals surface area contributed by atoms with Gasteiger partial charge in [-0.1, -0.05) is 44.5 Å². The highest BCUT2D eigenvalue weighted by Crippen LogP contribution is 2.23. The molecule has 0 spiro atoms. The maximum atomic E-state index is 12.7. The number of benzene rings is 2. The minimum atomic E-state index is 0.103. The Morgan fingerprint density at radius 3 is 1.96 bits per heavy atom. The van der Waals surface area contributed by atoms with E-state index >= 15 is 0 Å². The van der Waals surface area contributed by atoms with Gasteiger partial charge in [0.05, 0.1) is 0 Å². The van der Waals surface area contributed by atoms with Crippen molar-refractivity contribution in [3.8, 4) is 0 Å². The van der Waals surface area contributed by atoms with Gasteiger partial charge in [-0.3, -0.25) is 4.79 Å². The third kappa shape index (κ3) is 4.16. The lowest BCUT2D eigenvalue weighted by atomic mass is 9.86. The lowest BCUT2D eigenvalue weighted by Crippen LogP contribution is -2.48. The smallest absolute Gasteiger partial charge is 0.253 e. The van der Waals surface area contributed by atoms with Crippen LogP contribution < -0.4 is 4.90 Å². The molecule has 0 N–H and O–H groups in total. The Labute approximate surface area is 155 Å². The monoisotopic (exact) mass is 356 g/mol. The van der Waals surface area contributed by atoms with Crippen molar-refractivity contribution in [3.05, 3.63) is 64.7 Å². The fourth-order valence-corrected chi connectivity index (χ4v) is 3.24. The van der Waals surface area contributed by atoms with E-state index in [1.54, 1.807) is 0 Å². The van der Waals surface area contributed by atoms with Gasteiger partial charge in [0.15, 0.2) is 0 Å². The Morgan fingerprint density at radius 2 is 1.44 bits per heavy atom. The molecule has 1 fully saturated rings. The SMILES string of the molecule is CC(C)(C)c1ccc(C(=O)N2CCN(c3ccc(Cl)cc3)CC2)cc1. The molecule has 3 nitrogen and oxygen atoms in total. The van der Waals surface area contributed by atoms with Gasteiger partial charge in [-0.15, -0.1) is 0 Å². The number of anilines is 1. The van der Waals surface area contributed by atoms with Gasteiger partial charge in [0.1, 0.15) is 0 Å². The quantitative estimate of drug-likeness (QED) is 0.785. The molecule has 3 rings (SSSR count). The summed E-state index contributed by atoms with van der Waals surface area (Å²) in [5.74, 6) is 0.121. The second-order valence-electron chi connectivity index (χ2n) is 7.58. The molecule has 0 saturated carbocycles. The summed E-state index contributed by atoms with van der Waals surface area (Å²) in [6, 6.07) is 15.9. The number of carbonyl (C=O) groups is 1. The third-order valence-electron chi connectivity index (χ3n) is 4.76. The molecule has 0 atom stereocenters. The van der Waals surface area contributed by atoms with Crippen molar-refractivity contribution < 1.29 is 4.79 Å². The maximum absolute atomic E-state index is 12.7. The molecule has 132 valence electrons. The first kappa shape index (κ1) is 17.8. The van der Waals surface area contributed by atoms with Crippen LogP contribution in [0.2, 0.25) is 5.02 Å². The number of nitrogens with zero attached hydrogens (tertiary/aromatic N) is 2. The number of amides is 1. The van der Waals surface area contributed by atoms with Crippen molar-refractivity contribution in [3.63, 3.8) is 0 Å². The number of hydrogen-bond donors (Lipinski definition) is 0. The average Bonchev–Trinajstić information content (AvgIpc) is 2.61. The van der Waals surface area contributed by atoms with Crippen LogP contribution >= 0.6 is 11.6 Å². The minimum Gasteiger partial charge on any atom is -0.368 e. The lowest BCUT2D eigenvalue weighted by molar-refractivity contribution is 0.0746. The first-order chi connectivity index (χ1) is 11.8. The first-order valence-corrected chi connectivity index (χ1v) is 9.13. The zero-order chi connectivity index (χ0) is 18.0. The molecule has 0 radical (unpaired) electrons. The molecule has 1 heterocycles. The van der Waals surface area contributed by atoms with Crippen LogP contribution in [0.1, 0.15) is 36.7 Å². The molecule has 1 amide bonds. The molecule has 2 aromatic carbocycles. The Balaban J connectivity index is 1.62. The summed E-state index contributed by atoms with van der Waals surface area (Å²) in [4.78, 5) is 17.0. The molecule has 2 aromatic rings. The van der Waals surface area contributed by atoms with Gasteiger partial charge < -0.3 is 9.80 Å². The Morgan fingerprint density at radius 1 is 0.880 bits per heavy atom. The topological polar surface area (TPSA) is 23.6 Å².